The zero-order valence-corrected chi connectivity index (χ0v) is 19.3. The number of amides is 3. The van der Waals surface area contributed by atoms with Gasteiger partial charge in [0, 0.05) is 11.6 Å². The van der Waals surface area contributed by atoms with Crippen LogP contribution in [0.15, 0.2) is 65.3 Å². The van der Waals surface area contributed by atoms with E-state index >= 15 is 0 Å². The van der Waals surface area contributed by atoms with Crippen molar-refractivity contribution in [3.05, 3.63) is 87.3 Å². The lowest BCUT2D eigenvalue weighted by molar-refractivity contribution is -0.384. The highest BCUT2D eigenvalue weighted by molar-refractivity contribution is 6.32. The van der Waals surface area contributed by atoms with E-state index in [1.807, 2.05) is 6.92 Å². The first-order valence-corrected chi connectivity index (χ1v) is 11.0. The molecule has 3 aromatic rings. The Morgan fingerprint density at radius 1 is 1.23 bits per heavy atom. The Balaban J connectivity index is 1.67. The maximum absolute atomic E-state index is 13.5. The van der Waals surface area contributed by atoms with E-state index in [-0.39, 0.29) is 23.6 Å². The number of halogens is 1. The van der Waals surface area contributed by atoms with E-state index in [0.29, 0.717) is 23.8 Å². The molecule has 2 heterocycles. The number of rotatable bonds is 8. The van der Waals surface area contributed by atoms with Crippen molar-refractivity contribution in [1.82, 2.24) is 4.90 Å². The van der Waals surface area contributed by atoms with Crippen LogP contribution in [-0.2, 0) is 16.1 Å². The number of carbonyl (C=O) groups is 3. The fourth-order valence-electron chi connectivity index (χ4n) is 3.83. The summed E-state index contributed by atoms with van der Waals surface area (Å²) in [7, 11) is 0. The van der Waals surface area contributed by atoms with Gasteiger partial charge in [-0.1, -0.05) is 11.6 Å². The number of nitrogens with zero attached hydrogens (tertiary/aromatic N) is 3. The van der Waals surface area contributed by atoms with Gasteiger partial charge in [-0.3, -0.25) is 24.5 Å². The van der Waals surface area contributed by atoms with E-state index in [0.717, 1.165) is 11.0 Å². The maximum Gasteiger partial charge on any atom is 0.288 e. The molecule has 1 atom stereocenters. The Bertz CT molecular complexity index is 1270. The standard InChI is InChI=1S/C24H20ClN3O7/c1-2-34-17-8-6-16(7-9-17)27-22(29)13-21(24(27)31)26(14-18-4-3-11-35-18)23(30)15-5-10-19(25)20(12-15)28(32)33/h3-12,21H,2,13-14H2,1H3. The number of hydrogen-bond donors (Lipinski definition) is 0. The third kappa shape index (κ3) is 4.87. The van der Waals surface area contributed by atoms with Crippen molar-refractivity contribution in [3.8, 4) is 5.75 Å². The molecule has 1 fully saturated rings. The molecular weight excluding hydrogens is 478 g/mol. The van der Waals surface area contributed by atoms with Crippen LogP contribution in [0, 0.1) is 10.1 Å². The molecule has 1 unspecified atom stereocenters. The summed E-state index contributed by atoms with van der Waals surface area (Å²) in [5, 5.41) is 11.2. The molecule has 0 radical (unpaired) electrons. The summed E-state index contributed by atoms with van der Waals surface area (Å²) in [5.41, 5.74) is -0.147. The third-order valence-electron chi connectivity index (χ3n) is 5.46. The molecule has 3 amide bonds. The number of furan rings is 1. The molecule has 1 aromatic heterocycles. The summed E-state index contributed by atoms with van der Waals surface area (Å²) in [6.07, 6.45) is 1.16. The highest BCUT2D eigenvalue weighted by Crippen LogP contribution is 2.31. The van der Waals surface area contributed by atoms with Gasteiger partial charge in [0.05, 0.1) is 36.4 Å². The van der Waals surface area contributed by atoms with Crippen molar-refractivity contribution >= 4 is 40.7 Å². The van der Waals surface area contributed by atoms with E-state index in [2.05, 4.69) is 0 Å². The topological polar surface area (TPSA) is 123 Å². The smallest absolute Gasteiger partial charge is 0.288 e. The van der Waals surface area contributed by atoms with Gasteiger partial charge in [0.2, 0.25) is 5.91 Å². The molecule has 180 valence electrons. The van der Waals surface area contributed by atoms with E-state index < -0.39 is 34.4 Å². The van der Waals surface area contributed by atoms with Crippen molar-refractivity contribution < 1.29 is 28.5 Å². The number of anilines is 1. The largest absolute Gasteiger partial charge is 0.494 e. The minimum absolute atomic E-state index is 0.0487. The van der Waals surface area contributed by atoms with Gasteiger partial charge in [-0.25, -0.2) is 4.90 Å². The van der Waals surface area contributed by atoms with Gasteiger partial charge in [-0.15, -0.1) is 0 Å². The van der Waals surface area contributed by atoms with Crippen LogP contribution in [-0.4, -0.2) is 40.2 Å². The van der Waals surface area contributed by atoms with Crippen LogP contribution >= 0.6 is 11.6 Å². The molecular formula is C24H20ClN3O7. The minimum Gasteiger partial charge on any atom is -0.494 e. The number of benzene rings is 2. The lowest BCUT2D eigenvalue weighted by Gasteiger charge is -2.27. The van der Waals surface area contributed by atoms with Gasteiger partial charge < -0.3 is 14.1 Å². The van der Waals surface area contributed by atoms with Crippen molar-refractivity contribution in [2.45, 2.75) is 25.9 Å². The molecule has 10 nitrogen and oxygen atoms in total. The lowest BCUT2D eigenvalue weighted by Crippen LogP contribution is -2.45. The second-order valence-electron chi connectivity index (χ2n) is 7.65. The lowest BCUT2D eigenvalue weighted by atomic mass is 10.1. The average Bonchev–Trinajstić information content (AvgIpc) is 3.45. The minimum atomic E-state index is -1.14. The molecule has 1 aliphatic rings. The normalized spacial score (nSPS) is 15.4. The second kappa shape index (κ2) is 9.98. The zero-order valence-electron chi connectivity index (χ0n) is 18.5. The fourth-order valence-corrected chi connectivity index (χ4v) is 4.02. The number of ether oxygens (including phenoxy) is 1. The van der Waals surface area contributed by atoms with Crippen LogP contribution in [0.3, 0.4) is 0 Å². The molecule has 2 aromatic carbocycles. The zero-order chi connectivity index (χ0) is 25.1. The molecule has 1 aliphatic heterocycles. The van der Waals surface area contributed by atoms with E-state index in [9.17, 15) is 24.5 Å². The first kappa shape index (κ1) is 24.0. The van der Waals surface area contributed by atoms with Crippen LogP contribution < -0.4 is 9.64 Å². The van der Waals surface area contributed by atoms with E-state index in [1.54, 1.807) is 36.4 Å². The van der Waals surface area contributed by atoms with Gasteiger partial charge in [-0.2, -0.15) is 0 Å². The third-order valence-corrected chi connectivity index (χ3v) is 5.78. The summed E-state index contributed by atoms with van der Waals surface area (Å²) >= 11 is 5.88. The molecule has 0 spiro atoms. The predicted molar refractivity (Wildman–Crippen MR) is 125 cm³/mol. The highest BCUT2D eigenvalue weighted by atomic mass is 35.5. The number of nitro groups is 1. The second-order valence-corrected chi connectivity index (χ2v) is 8.06. The van der Waals surface area contributed by atoms with E-state index in [4.69, 9.17) is 20.8 Å². The Morgan fingerprint density at radius 2 is 1.97 bits per heavy atom. The van der Waals surface area contributed by atoms with Gasteiger partial charge in [0.15, 0.2) is 0 Å². The number of hydrogen-bond acceptors (Lipinski definition) is 7. The molecule has 0 saturated carbocycles. The molecule has 0 bridgehead atoms. The fraction of sp³-hybridized carbons (Fsp3) is 0.208. The average molecular weight is 498 g/mol. The molecule has 11 heteroatoms. The van der Waals surface area contributed by atoms with Gasteiger partial charge >= 0.3 is 0 Å². The van der Waals surface area contributed by atoms with Crippen molar-refractivity contribution in [2.75, 3.05) is 11.5 Å². The van der Waals surface area contributed by atoms with E-state index in [1.165, 1.54) is 23.3 Å². The molecule has 0 N–H and O–H groups in total. The molecule has 0 aliphatic carbocycles. The Hall–Kier alpha value is -4.18. The summed E-state index contributed by atoms with van der Waals surface area (Å²) in [4.78, 5) is 52.5. The van der Waals surface area contributed by atoms with Crippen molar-refractivity contribution in [3.63, 3.8) is 0 Å². The van der Waals surface area contributed by atoms with Crippen LogP contribution in [0.4, 0.5) is 11.4 Å². The van der Waals surface area contributed by atoms with Gasteiger partial charge in [-0.05, 0) is 55.5 Å². The van der Waals surface area contributed by atoms with Crippen molar-refractivity contribution in [2.24, 2.45) is 0 Å². The Labute approximate surface area is 204 Å². The summed E-state index contributed by atoms with van der Waals surface area (Å²) in [6, 6.07) is 12.2. The number of nitro benzene ring substituents is 1. The van der Waals surface area contributed by atoms with Crippen LogP contribution in [0.5, 0.6) is 5.75 Å². The molecule has 1 saturated heterocycles. The predicted octanol–water partition coefficient (Wildman–Crippen LogP) is 4.21. The van der Waals surface area contributed by atoms with Crippen LogP contribution in [0.25, 0.3) is 0 Å². The van der Waals surface area contributed by atoms with Gasteiger partial charge in [0.25, 0.3) is 17.5 Å². The summed E-state index contributed by atoms with van der Waals surface area (Å²) < 4.78 is 10.8. The molecule has 35 heavy (non-hydrogen) atoms. The molecule has 4 rings (SSSR count). The first-order valence-electron chi connectivity index (χ1n) is 10.7. The van der Waals surface area contributed by atoms with Crippen LogP contribution in [0.1, 0.15) is 29.5 Å². The maximum atomic E-state index is 13.5. The Kier molecular flexibility index (Phi) is 6.83. The summed E-state index contributed by atoms with van der Waals surface area (Å²) in [5.74, 6) is -0.792. The van der Waals surface area contributed by atoms with Crippen LogP contribution in [0.2, 0.25) is 5.02 Å². The number of imide groups is 1. The van der Waals surface area contributed by atoms with Crippen molar-refractivity contribution in [1.29, 1.82) is 0 Å². The Morgan fingerprint density at radius 3 is 2.60 bits per heavy atom. The van der Waals surface area contributed by atoms with Gasteiger partial charge in [0.1, 0.15) is 22.6 Å². The first-order chi connectivity index (χ1) is 16.8. The highest BCUT2D eigenvalue weighted by Gasteiger charge is 2.45. The summed E-state index contributed by atoms with van der Waals surface area (Å²) in [6.45, 7) is 2.19. The SMILES string of the molecule is CCOc1ccc(N2C(=O)CC(N(Cc3ccco3)C(=O)c3ccc(Cl)c([N+](=O)[O-])c3)C2=O)cc1. The quantitative estimate of drug-likeness (QED) is 0.259. The number of carbonyl (C=O) groups excluding carboxylic acids is 3. The monoisotopic (exact) mass is 497 g/mol.